The first-order valence-electron chi connectivity index (χ1n) is 4.34. The zero-order valence-corrected chi connectivity index (χ0v) is 7.18. The maximum atomic E-state index is 5.55. The molecule has 0 aliphatic carbocycles. The number of hydrogen-bond donors (Lipinski definition) is 2. The molecule has 0 radical (unpaired) electrons. The molecule has 0 amide bonds. The number of methoxy groups -OCH3 is 1. The summed E-state index contributed by atoms with van der Waals surface area (Å²) in [7, 11) is 1.73. The van der Waals surface area contributed by atoms with Gasteiger partial charge in [-0.2, -0.15) is 0 Å². The van der Waals surface area contributed by atoms with Gasteiger partial charge in [-0.15, -0.1) is 0 Å². The molecule has 1 fully saturated rings. The van der Waals surface area contributed by atoms with Gasteiger partial charge in [0, 0.05) is 19.7 Å². The molecule has 3 heteroatoms. The van der Waals surface area contributed by atoms with Crippen molar-refractivity contribution < 1.29 is 4.74 Å². The Bertz CT molecular complexity index is 98.3. The molecule has 1 aliphatic heterocycles. The average Bonchev–Trinajstić information content (AvgIpc) is 2.09. The number of nitrogens with one attached hydrogen (secondary N) is 1. The lowest BCUT2D eigenvalue weighted by molar-refractivity contribution is 0.0657. The van der Waals surface area contributed by atoms with E-state index >= 15 is 0 Å². The van der Waals surface area contributed by atoms with E-state index in [9.17, 15) is 0 Å². The Balaban J connectivity index is 2.30. The van der Waals surface area contributed by atoms with Gasteiger partial charge < -0.3 is 15.8 Å². The number of rotatable bonds is 3. The molecule has 66 valence electrons. The van der Waals surface area contributed by atoms with Crippen LogP contribution in [0.25, 0.3) is 0 Å². The average molecular weight is 158 g/mol. The predicted octanol–water partition coefficient (Wildman–Crippen LogP) is 0.102. The Morgan fingerprint density at radius 2 is 2.45 bits per heavy atom. The first-order chi connectivity index (χ1) is 5.38. The van der Waals surface area contributed by atoms with Crippen LogP contribution in [0.1, 0.15) is 19.3 Å². The van der Waals surface area contributed by atoms with E-state index in [0.717, 1.165) is 6.54 Å². The summed E-state index contributed by atoms with van der Waals surface area (Å²) in [6.07, 6.45) is 4.00. The Morgan fingerprint density at radius 3 is 2.91 bits per heavy atom. The summed E-state index contributed by atoms with van der Waals surface area (Å²) in [5.74, 6) is 0. The van der Waals surface area contributed by atoms with E-state index in [4.69, 9.17) is 10.5 Å². The summed E-state index contributed by atoms with van der Waals surface area (Å²) in [6.45, 7) is 1.73. The summed E-state index contributed by atoms with van der Waals surface area (Å²) in [5.41, 5.74) is 5.55. The van der Waals surface area contributed by atoms with Gasteiger partial charge in [-0.05, 0) is 19.4 Å². The van der Waals surface area contributed by atoms with Gasteiger partial charge in [0.1, 0.15) is 0 Å². The minimum atomic E-state index is 0.204. The second-order valence-corrected chi connectivity index (χ2v) is 3.07. The van der Waals surface area contributed by atoms with Crippen LogP contribution in [-0.2, 0) is 4.74 Å². The number of nitrogens with two attached hydrogens (primary N) is 1. The third kappa shape index (κ3) is 2.43. The van der Waals surface area contributed by atoms with Crippen molar-refractivity contribution in [3.8, 4) is 0 Å². The van der Waals surface area contributed by atoms with E-state index in [1.54, 1.807) is 7.11 Å². The fourth-order valence-corrected chi connectivity index (χ4v) is 1.62. The highest BCUT2D eigenvalue weighted by Gasteiger charge is 2.20. The van der Waals surface area contributed by atoms with Crippen molar-refractivity contribution in [2.45, 2.75) is 31.4 Å². The summed E-state index contributed by atoms with van der Waals surface area (Å²) >= 11 is 0. The second-order valence-electron chi connectivity index (χ2n) is 3.07. The largest absolute Gasteiger partial charge is 0.379 e. The molecule has 3 N–H and O–H groups in total. The van der Waals surface area contributed by atoms with Gasteiger partial charge in [0.25, 0.3) is 0 Å². The lowest BCUT2D eigenvalue weighted by Crippen LogP contribution is -2.47. The van der Waals surface area contributed by atoms with Crippen LogP contribution in [0.2, 0.25) is 0 Å². The van der Waals surface area contributed by atoms with Crippen LogP contribution in [0.4, 0.5) is 0 Å². The molecule has 0 bridgehead atoms. The number of piperidine rings is 1. The van der Waals surface area contributed by atoms with Crippen LogP contribution >= 0.6 is 0 Å². The van der Waals surface area contributed by atoms with E-state index in [-0.39, 0.29) is 6.10 Å². The second kappa shape index (κ2) is 4.70. The molecule has 0 spiro atoms. The SMILES string of the molecule is COC(CN)C1CCCCN1. The molecular weight excluding hydrogens is 140 g/mol. The summed E-state index contributed by atoms with van der Waals surface area (Å²) in [4.78, 5) is 0. The van der Waals surface area contributed by atoms with E-state index in [1.165, 1.54) is 19.3 Å². The van der Waals surface area contributed by atoms with Crippen molar-refractivity contribution >= 4 is 0 Å². The summed E-state index contributed by atoms with van der Waals surface area (Å²) < 4.78 is 5.25. The Morgan fingerprint density at radius 1 is 1.64 bits per heavy atom. The fourth-order valence-electron chi connectivity index (χ4n) is 1.62. The molecule has 0 aromatic rings. The van der Waals surface area contributed by atoms with Gasteiger partial charge in [0.15, 0.2) is 0 Å². The van der Waals surface area contributed by atoms with Gasteiger partial charge in [0.2, 0.25) is 0 Å². The predicted molar refractivity (Wildman–Crippen MR) is 45.5 cm³/mol. The highest BCUT2D eigenvalue weighted by molar-refractivity contribution is 4.80. The maximum Gasteiger partial charge on any atom is 0.0846 e. The van der Waals surface area contributed by atoms with Crippen molar-refractivity contribution in [3.63, 3.8) is 0 Å². The quantitative estimate of drug-likeness (QED) is 0.612. The molecular formula is C8H18N2O. The van der Waals surface area contributed by atoms with Gasteiger partial charge in [-0.1, -0.05) is 6.42 Å². The topological polar surface area (TPSA) is 47.3 Å². The van der Waals surface area contributed by atoms with Crippen molar-refractivity contribution in [1.29, 1.82) is 0 Å². The van der Waals surface area contributed by atoms with E-state index in [2.05, 4.69) is 5.32 Å². The van der Waals surface area contributed by atoms with Gasteiger partial charge in [-0.25, -0.2) is 0 Å². The fraction of sp³-hybridized carbons (Fsp3) is 1.00. The zero-order chi connectivity index (χ0) is 8.10. The molecule has 3 nitrogen and oxygen atoms in total. The maximum absolute atomic E-state index is 5.55. The van der Waals surface area contributed by atoms with Gasteiger partial charge in [-0.3, -0.25) is 0 Å². The molecule has 0 aromatic heterocycles. The highest BCUT2D eigenvalue weighted by atomic mass is 16.5. The monoisotopic (exact) mass is 158 g/mol. The van der Waals surface area contributed by atoms with Gasteiger partial charge >= 0.3 is 0 Å². The van der Waals surface area contributed by atoms with Crippen LogP contribution in [0.3, 0.4) is 0 Å². The van der Waals surface area contributed by atoms with Crippen LogP contribution < -0.4 is 11.1 Å². The molecule has 1 heterocycles. The highest BCUT2D eigenvalue weighted by Crippen LogP contribution is 2.11. The summed E-state index contributed by atoms with van der Waals surface area (Å²) in [6, 6.07) is 0.485. The normalized spacial score (nSPS) is 28.4. The molecule has 0 saturated carbocycles. The van der Waals surface area contributed by atoms with Gasteiger partial charge in [0.05, 0.1) is 6.10 Å². The van der Waals surface area contributed by atoms with Crippen molar-refractivity contribution in [2.24, 2.45) is 5.73 Å². The molecule has 1 rings (SSSR count). The van der Waals surface area contributed by atoms with Crippen LogP contribution in [-0.4, -0.2) is 32.3 Å². The van der Waals surface area contributed by atoms with Crippen molar-refractivity contribution in [3.05, 3.63) is 0 Å². The Hall–Kier alpha value is -0.120. The molecule has 1 saturated heterocycles. The Kier molecular flexibility index (Phi) is 3.83. The lowest BCUT2D eigenvalue weighted by atomic mass is 10.00. The molecule has 11 heavy (non-hydrogen) atoms. The zero-order valence-electron chi connectivity index (χ0n) is 7.18. The first kappa shape index (κ1) is 8.97. The minimum absolute atomic E-state index is 0.204. The molecule has 0 aromatic carbocycles. The van der Waals surface area contributed by atoms with E-state index in [0.29, 0.717) is 12.6 Å². The van der Waals surface area contributed by atoms with Crippen LogP contribution in [0, 0.1) is 0 Å². The third-order valence-electron chi connectivity index (χ3n) is 2.33. The van der Waals surface area contributed by atoms with E-state index in [1.807, 2.05) is 0 Å². The molecule has 1 aliphatic rings. The standard InChI is InChI=1S/C8H18N2O/c1-11-8(6-9)7-4-2-3-5-10-7/h7-8,10H,2-6,9H2,1H3. The number of ether oxygens (including phenoxy) is 1. The minimum Gasteiger partial charge on any atom is -0.379 e. The van der Waals surface area contributed by atoms with Crippen LogP contribution in [0.5, 0.6) is 0 Å². The van der Waals surface area contributed by atoms with Crippen LogP contribution in [0.15, 0.2) is 0 Å². The Labute approximate surface area is 68.3 Å². The van der Waals surface area contributed by atoms with Crippen molar-refractivity contribution in [1.82, 2.24) is 5.32 Å². The summed E-state index contributed by atoms with van der Waals surface area (Å²) in [5, 5.41) is 3.42. The van der Waals surface area contributed by atoms with Crippen molar-refractivity contribution in [2.75, 3.05) is 20.2 Å². The third-order valence-corrected chi connectivity index (χ3v) is 2.33. The number of hydrogen-bond acceptors (Lipinski definition) is 3. The molecule has 2 atom stereocenters. The lowest BCUT2D eigenvalue weighted by Gasteiger charge is -2.29. The van der Waals surface area contributed by atoms with E-state index < -0.39 is 0 Å². The smallest absolute Gasteiger partial charge is 0.0846 e. The molecule has 2 unspecified atom stereocenters. The first-order valence-corrected chi connectivity index (χ1v) is 4.34.